The Morgan fingerprint density at radius 1 is 1.10 bits per heavy atom. The number of carbonyl (C=O) groups is 2. The van der Waals surface area contributed by atoms with E-state index in [4.69, 9.17) is 0 Å². The summed E-state index contributed by atoms with van der Waals surface area (Å²) in [6.45, 7) is 7.26. The van der Waals surface area contributed by atoms with Gasteiger partial charge in [0.05, 0.1) is 23.1 Å². The molecule has 0 aliphatic heterocycles. The van der Waals surface area contributed by atoms with E-state index in [0.29, 0.717) is 35.8 Å². The lowest BCUT2D eigenvalue weighted by Gasteiger charge is -2.19. The third kappa shape index (κ3) is 4.24. The molecule has 2 amide bonds. The van der Waals surface area contributed by atoms with Crippen LogP contribution in [-0.2, 0) is 0 Å². The third-order valence-corrected chi connectivity index (χ3v) is 5.78. The third-order valence-electron chi connectivity index (χ3n) is 5.78. The van der Waals surface area contributed by atoms with E-state index in [0.717, 1.165) is 29.8 Å². The molecule has 1 aliphatic rings. The zero-order valence-corrected chi connectivity index (χ0v) is 18.3. The number of anilines is 1. The maximum Gasteiger partial charge on any atom is 0.259 e. The molecule has 0 saturated heterocycles. The topological polar surface area (TPSA) is 67.2 Å². The highest BCUT2D eigenvalue weighted by Gasteiger charge is 2.33. The minimum Gasteiger partial charge on any atom is -0.339 e. The number of nitrogens with zero attached hydrogens (tertiary/aromatic N) is 3. The Kier molecular flexibility index (Phi) is 5.89. The van der Waals surface area contributed by atoms with Crippen LogP contribution in [0.5, 0.6) is 0 Å². The van der Waals surface area contributed by atoms with Crippen LogP contribution in [0.15, 0.2) is 54.7 Å². The lowest BCUT2D eigenvalue weighted by molar-refractivity contribution is 0.0772. The molecule has 160 valence electrons. The van der Waals surface area contributed by atoms with Crippen LogP contribution in [0.1, 0.15) is 64.6 Å². The predicted octanol–water partition coefficient (Wildman–Crippen LogP) is 4.79. The maximum absolute atomic E-state index is 13.2. The summed E-state index contributed by atoms with van der Waals surface area (Å²) in [5, 5.41) is 7.53. The van der Waals surface area contributed by atoms with Crippen molar-refractivity contribution < 1.29 is 9.59 Å². The first-order valence-corrected chi connectivity index (χ1v) is 10.9. The van der Waals surface area contributed by atoms with Crippen molar-refractivity contribution in [1.82, 2.24) is 14.7 Å². The van der Waals surface area contributed by atoms with Crippen molar-refractivity contribution in [3.05, 3.63) is 77.1 Å². The summed E-state index contributed by atoms with van der Waals surface area (Å²) < 4.78 is 1.90. The Morgan fingerprint density at radius 3 is 2.52 bits per heavy atom. The van der Waals surface area contributed by atoms with Gasteiger partial charge in [0.15, 0.2) is 0 Å². The van der Waals surface area contributed by atoms with Gasteiger partial charge in [0.25, 0.3) is 11.8 Å². The summed E-state index contributed by atoms with van der Waals surface area (Å²) >= 11 is 0. The molecule has 1 fully saturated rings. The molecular weight excluding hydrogens is 388 g/mol. The number of para-hydroxylation sites is 1. The summed E-state index contributed by atoms with van der Waals surface area (Å²) in [5.74, 6) is 0.111. The molecule has 0 bridgehead atoms. The fraction of sp³-hybridized carbons (Fsp3) is 0.320. The van der Waals surface area contributed by atoms with E-state index in [1.807, 2.05) is 49.7 Å². The maximum atomic E-state index is 13.2. The van der Waals surface area contributed by atoms with Crippen LogP contribution in [-0.4, -0.2) is 39.6 Å². The lowest BCUT2D eigenvalue weighted by Crippen LogP contribution is -2.30. The number of rotatable bonds is 7. The molecule has 0 spiro atoms. The summed E-state index contributed by atoms with van der Waals surface area (Å²) in [6, 6.07) is 15.2. The second kappa shape index (κ2) is 8.76. The van der Waals surface area contributed by atoms with Crippen LogP contribution < -0.4 is 5.32 Å². The van der Waals surface area contributed by atoms with Crippen LogP contribution in [0, 0.1) is 6.92 Å². The molecule has 1 N–H and O–H groups in total. The Hall–Kier alpha value is -3.41. The molecule has 6 heteroatoms. The summed E-state index contributed by atoms with van der Waals surface area (Å²) in [6.07, 6.45) is 3.78. The van der Waals surface area contributed by atoms with Crippen molar-refractivity contribution in [2.45, 2.75) is 39.5 Å². The van der Waals surface area contributed by atoms with Crippen LogP contribution in [0.2, 0.25) is 0 Å². The second-order valence-electron chi connectivity index (χ2n) is 7.93. The Balaban J connectivity index is 1.61. The molecule has 4 rings (SSSR count). The second-order valence-corrected chi connectivity index (χ2v) is 7.93. The van der Waals surface area contributed by atoms with Crippen molar-refractivity contribution in [3.63, 3.8) is 0 Å². The number of amides is 2. The van der Waals surface area contributed by atoms with Gasteiger partial charge in [0.2, 0.25) is 0 Å². The predicted molar refractivity (Wildman–Crippen MR) is 122 cm³/mol. The first-order chi connectivity index (χ1) is 15.0. The fourth-order valence-electron chi connectivity index (χ4n) is 3.90. The van der Waals surface area contributed by atoms with Gasteiger partial charge in [-0.15, -0.1) is 0 Å². The van der Waals surface area contributed by atoms with Gasteiger partial charge in [-0.2, -0.15) is 5.10 Å². The molecule has 1 saturated carbocycles. The molecule has 0 atom stereocenters. The zero-order valence-electron chi connectivity index (χ0n) is 18.3. The molecule has 1 heterocycles. The van der Waals surface area contributed by atoms with E-state index in [9.17, 15) is 9.59 Å². The number of hydrogen-bond acceptors (Lipinski definition) is 3. The molecule has 6 nitrogen and oxygen atoms in total. The number of aromatic nitrogens is 2. The van der Waals surface area contributed by atoms with E-state index in [1.165, 1.54) is 0 Å². The monoisotopic (exact) mass is 416 g/mol. The number of benzene rings is 2. The zero-order chi connectivity index (χ0) is 22.0. The van der Waals surface area contributed by atoms with Crippen molar-refractivity contribution in [2.24, 2.45) is 0 Å². The minimum absolute atomic E-state index is 0.0351. The molecule has 3 aromatic rings. The molecule has 0 radical (unpaired) electrons. The van der Waals surface area contributed by atoms with Crippen molar-refractivity contribution in [3.8, 4) is 5.69 Å². The van der Waals surface area contributed by atoms with Gasteiger partial charge in [-0.3, -0.25) is 9.59 Å². The van der Waals surface area contributed by atoms with Gasteiger partial charge in [0, 0.05) is 30.3 Å². The smallest absolute Gasteiger partial charge is 0.259 e. The van der Waals surface area contributed by atoms with Crippen LogP contribution >= 0.6 is 0 Å². The largest absolute Gasteiger partial charge is 0.339 e. The highest BCUT2D eigenvalue weighted by molar-refractivity contribution is 6.06. The highest BCUT2D eigenvalue weighted by Crippen LogP contribution is 2.42. The molecule has 31 heavy (non-hydrogen) atoms. The molecule has 2 aromatic carbocycles. The average Bonchev–Trinajstić information content (AvgIpc) is 3.53. The number of carbonyl (C=O) groups excluding carboxylic acids is 2. The van der Waals surface area contributed by atoms with Crippen molar-refractivity contribution in [1.29, 1.82) is 0 Å². The van der Waals surface area contributed by atoms with E-state index >= 15 is 0 Å². The van der Waals surface area contributed by atoms with E-state index in [2.05, 4.69) is 10.4 Å². The Morgan fingerprint density at radius 2 is 1.84 bits per heavy atom. The summed E-state index contributed by atoms with van der Waals surface area (Å²) in [7, 11) is 0. The lowest BCUT2D eigenvalue weighted by atomic mass is 10.1. The Labute approximate surface area is 182 Å². The fourth-order valence-corrected chi connectivity index (χ4v) is 3.90. The summed E-state index contributed by atoms with van der Waals surface area (Å²) in [5.41, 5.74) is 4.83. The van der Waals surface area contributed by atoms with Gasteiger partial charge >= 0.3 is 0 Å². The van der Waals surface area contributed by atoms with E-state index < -0.39 is 0 Å². The standard InChI is InChI=1S/C25H28N4O2/c1-4-28(5-2)25(31)19-10-8-11-20(15-19)27-24(30)21-16-26-29(23(21)18-13-14-18)22-12-7-6-9-17(22)3/h6-12,15-16,18H,4-5,13-14H2,1-3H3,(H,27,30). The number of nitrogens with one attached hydrogen (secondary N) is 1. The van der Waals surface area contributed by atoms with Gasteiger partial charge < -0.3 is 10.2 Å². The van der Waals surface area contributed by atoms with Crippen molar-refractivity contribution in [2.75, 3.05) is 18.4 Å². The van der Waals surface area contributed by atoms with Gasteiger partial charge in [-0.1, -0.05) is 24.3 Å². The quantitative estimate of drug-likeness (QED) is 0.602. The summed E-state index contributed by atoms with van der Waals surface area (Å²) in [4.78, 5) is 27.6. The first kappa shape index (κ1) is 20.8. The molecule has 1 aliphatic carbocycles. The van der Waals surface area contributed by atoms with Crippen LogP contribution in [0.25, 0.3) is 5.69 Å². The van der Waals surface area contributed by atoms with Gasteiger partial charge in [-0.05, 0) is 63.4 Å². The average molecular weight is 417 g/mol. The number of aryl methyl sites for hydroxylation is 1. The van der Waals surface area contributed by atoms with Crippen LogP contribution in [0.4, 0.5) is 5.69 Å². The Bertz CT molecular complexity index is 1110. The van der Waals surface area contributed by atoms with Gasteiger partial charge in [-0.25, -0.2) is 4.68 Å². The first-order valence-electron chi connectivity index (χ1n) is 10.9. The van der Waals surface area contributed by atoms with Gasteiger partial charge in [0.1, 0.15) is 0 Å². The minimum atomic E-state index is -0.200. The van der Waals surface area contributed by atoms with Crippen molar-refractivity contribution >= 4 is 17.5 Å². The SMILES string of the molecule is CCN(CC)C(=O)c1cccc(NC(=O)c2cnn(-c3ccccc3C)c2C2CC2)c1. The molecule has 0 unspecified atom stereocenters. The van der Waals surface area contributed by atoms with Crippen LogP contribution in [0.3, 0.4) is 0 Å². The number of hydrogen-bond donors (Lipinski definition) is 1. The normalized spacial score (nSPS) is 13.1. The highest BCUT2D eigenvalue weighted by atomic mass is 16.2. The molecule has 1 aromatic heterocycles. The van der Waals surface area contributed by atoms with E-state index in [1.54, 1.807) is 35.4 Å². The molecular formula is C25H28N4O2. The van der Waals surface area contributed by atoms with E-state index in [-0.39, 0.29) is 11.8 Å².